The van der Waals surface area contributed by atoms with E-state index in [1.807, 2.05) is 30.3 Å². The Labute approximate surface area is 196 Å². The summed E-state index contributed by atoms with van der Waals surface area (Å²) in [6.45, 7) is 2.74. The van der Waals surface area contributed by atoms with Crippen molar-refractivity contribution in [2.75, 3.05) is 26.5 Å². The highest BCUT2D eigenvalue weighted by Crippen LogP contribution is 2.36. The smallest absolute Gasteiger partial charge is 0.320 e. The fourth-order valence-electron chi connectivity index (χ4n) is 3.82. The van der Waals surface area contributed by atoms with Crippen LogP contribution in [0.4, 0.5) is 4.39 Å². The van der Waals surface area contributed by atoms with E-state index in [0.29, 0.717) is 18.4 Å². The zero-order valence-electron chi connectivity index (χ0n) is 18.6. The molecule has 184 valence electrons. The molecule has 1 fully saturated rings. The predicted octanol–water partition coefficient (Wildman–Crippen LogP) is 2.59. The molecule has 0 amide bonds. The molecule has 10 heteroatoms. The fourth-order valence-corrected chi connectivity index (χ4v) is 3.82. The lowest BCUT2D eigenvalue weighted by atomic mass is 9.81. The first-order valence-corrected chi connectivity index (χ1v) is 11.0. The van der Waals surface area contributed by atoms with Crippen molar-refractivity contribution in [3.05, 3.63) is 53.8 Å². The van der Waals surface area contributed by atoms with Crippen LogP contribution in [0.5, 0.6) is 17.2 Å². The van der Waals surface area contributed by atoms with E-state index in [1.54, 1.807) is 0 Å². The van der Waals surface area contributed by atoms with Gasteiger partial charge < -0.3 is 35.5 Å². The number of aliphatic carboxylic acids is 2. The number of hydrogen-bond acceptors (Lipinski definition) is 7. The van der Waals surface area contributed by atoms with Crippen molar-refractivity contribution in [1.29, 1.82) is 0 Å². The summed E-state index contributed by atoms with van der Waals surface area (Å²) < 4.78 is 29.9. The van der Waals surface area contributed by atoms with Crippen LogP contribution in [-0.4, -0.2) is 54.7 Å². The molecule has 0 saturated carbocycles. The standard InChI is InChI=1S/C19H20FNO3.C5H9NO4/c20-15-3-1-13(2-4-15)17-7-8-21-10-14(17)11-22-16-5-6-18-19(9-16)24-12-23-18;6-3(5(9)10)1-2-4(7)8/h1-6,9,14,17,21H,7-8,10-12H2;3H,1-2,6H2,(H,7,8)(H,9,10)/t14-,17-;3-/m00/s1. The van der Waals surface area contributed by atoms with Gasteiger partial charge in [-0.05, 0) is 55.1 Å². The number of nitrogens with one attached hydrogen (secondary N) is 1. The highest BCUT2D eigenvalue weighted by molar-refractivity contribution is 5.74. The second-order valence-corrected chi connectivity index (χ2v) is 8.11. The first-order valence-electron chi connectivity index (χ1n) is 11.0. The number of nitrogens with two attached hydrogens (primary N) is 1. The van der Waals surface area contributed by atoms with Gasteiger partial charge >= 0.3 is 11.9 Å². The lowest BCUT2D eigenvalue weighted by molar-refractivity contribution is -0.139. The largest absolute Gasteiger partial charge is 0.493 e. The van der Waals surface area contributed by atoms with Gasteiger partial charge in [0.25, 0.3) is 0 Å². The number of hydrogen-bond donors (Lipinski definition) is 4. The maximum atomic E-state index is 13.2. The van der Waals surface area contributed by atoms with E-state index in [4.69, 9.17) is 30.2 Å². The van der Waals surface area contributed by atoms with Crippen LogP contribution in [0.3, 0.4) is 0 Å². The van der Waals surface area contributed by atoms with Crippen molar-refractivity contribution < 1.29 is 38.4 Å². The Balaban J connectivity index is 0.000000277. The third kappa shape index (κ3) is 7.32. The minimum atomic E-state index is -1.17. The molecule has 2 aromatic carbocycles. The second-order valence-electron chi connectivity index (χ2n) is 8.11. The number of rotatable bonds is 8. The zero-order valence-corrected chi connectivity index (χ0v) is 18.6. The molecule has 1 saturated heterocycles. The second kappa shape index (κ2) is 12.2. The van der Waals surface area contributed by atoms with Gasteiger partial charge in [-0.3, -0.25) is 9.59 Å². The summed E-state index contributed by atoms with van der Waals surface area (Å²) >= 11 is 0. The summed E-state index contributed by atoms with van der Waals surface area (Å²) in [6, 6.07) is 11.4. The maximum absolute atomic E-state index is 13.2. The van der Waals surface area contributed by atoms with Crippen molar-refractivity contribution in [2.45, 2.75) is 31.2 Å². The van der Waals surface area contributed by atoms with Crippen molar-refractivity contribution >= 4 is 11.9 Å². The Morgan fingerprint density at radius 1 is 1.15 bits per heavy atom. The van der Waals surface area contributed by atoms with E-state index in [0.717, 1.165) is 36.8 Å². The molecule has 9 nitrogen and oxygen atoms in total. The average molecular weight is 477 g/mol. The van der Waals surface area contributed by atoms with Crippen LogP contribution in [0.25, 0.3) is 0 Å². The van der Waals surface area contributed by atoms with Gasteiger partial charge in [0.05, 0.1) is 6.61 Å². The van der Waals surface area contributed by atoms with Gasteiger partial charge in [0.2, 0.25) is 6.79 Å². The van der Waals surface area contributed by atoms with Gasteiger partial charge in [-0.15, -0.1) is 0 Å². The van der Waals surface area contributed by atoms with Gasteiger partial charge in [0.15, 0.2) is 11.5 Å². The molecule has 0 bridgehead atoms. The molecule has 0 aliphatic carbocycles. The Bertz CT molecular complexity index is 970. The van der Waals surface area contributed by atoms with Crippen LogP contribution in [0.2, 0.25) is 0 Å². The topological polar surface area (TPSA) is 140 Å². The Morgan fingerprint density at radius 3 is 2.59 bits per heavy atom. The lowest BCUT2D eigenvalue weighted by Gasteiger charge is -2.32. The number of carboxylic acid groups (broad SMARTS) is 2. The van der Waals surface area contributed by atoms with Crippen LogP contribution in [0.15, 0.2) is 42.5 Å². The highest BCUT2D eigenvalue weighted by atomic mass is 19.1. The molecule has 34 heavy (non-hydrogen) atoms. The fraction of sp³-hybridized carbons (Fsp3) is 0.417. The van der Waals surface area contributed by atoms with Gasteiger partial charge in [-0.25, -0.2) is 4.39 Å². The minimum absolute atomic E-state index is 0.0231. The van der Waals surface area contributed by atoms with Crippen molar-refractivity contribution in [2.24, 2.45) is 11.7 Å². The molecule has 0 radical (unpaired) electrons. The molecule has 3 atom stereocenters. The number of piperidine rings is 1. The van der Waals surface area contributed by atoms with Crippen molar-refractivity contribution in [1.82, 2.24) is 5.32 Å². The van der Waals surface area contributed by atoms with E-state index in [9.17, 15) is 14.0 Å². The molecule has 4 rings (SSSR count). The third-order valence-electron chi connectivity index (χ3n) is 5.70. The summed E-state index contributed by atoms with van der Waals surface area (Å²) in [5, 5.41) is 19.7. The maximum Gasteiger partial charge on any atom is 0.320 e. The van der Waals surface area contributed by atoms with Gasteiger partial charge in [-0.1, -0.05) is 12.1 Å². The summed E-state index contributed by atoms with van der Waals surface area (Å²) in [5.41, 5.74) is 6.18. The minimum Gasteiger partial charge on any atom is -0.493 e. The molecule has 0 spiro atoms. The van der Waals surface area contributed by atoms with Crippen LogP contribution >= 0.6 is 0 Å². The van der Waals surface area contributed by atoms with E-state index in [-0.39, 0.29) is 25.5 Å². The van der Waals surface area contributed by atoms with E-state index in [2.05, 4.69) is 5.32 Å². The van der Waals surface area contributed by atoms with Crippen LogP contribution < -0.4 is 25.3 Å². The van der Waals surface area contributed by atoms with E-state index < -0.39 is 18.0 Å². The molecule has 2 aliphatic rings. The molecular weight excluding hydrogens is 447 g/mol. The molecule has 2 aliphatic heterocycles. The van der Waals surface area contributed by atoms with Crippen LogP contribution in [-0.2, 0) is 9.59 Å². The molecular formula is C24H29FN2O7. The molecule has 5 N–H and O–H groups in total. The molecule has 2 aromatic rings. The van der Waals surface area contributed by atoms with E-state index >= 15 is 0 Å². The SMILES string of the molecule is Fc1ccc([C@@H]2CCNC[C@H]2COc2ccc3c(c2)OCO3)cc1.N[C@@H](CCC(=O)O)C(=O)O. The van der Waals surface area contributed by atoms with Crippen LogP contribution in [0.1, 0.15) is 30.7 Å². The highest BCUT2D eigenvalue weighted by Gasteiger charge is 2.27. The van der Waals surface area contributed by atoms with Gasteiger partial charge in [-0.2, -0.15) is 0 Å². The Morgan fingerprint density at radius 2 is 1.88 bits per heavy atom. The first kappa shape index (κ1) is 25.3. The Hall–Kier alpha value is -3.37. The summed E-state index contributed by atoms with van der Waals surface area (Å²) in [6.07, 6.45) is 0.804. The average Bonchev–Trinajstić information content (AvgIpc) is 3.30. The van der Waals surface area contributed by atoms with Crippen molar-refractivity contribution in [3.8, 4) is 17.2 Å². The van der Waals surface area contributed by atoms with Crippen molar-refractivity contribution in [3.63, 3.8) is 0 Å². The number of halogens is 1. The lowest BCUT2D eigenvalue weighted by Crippen LogP contribution is -2.38. The molecule has 0 aromatic heterocycles. The number of ether oxygens (including phenoxy) is 3. The van der Waals surface area contributed by atoms with Gasteiger partial charge in [0, 0.05) is 24.9 Å². The number of carbonyl (C=O) groups is 2. The predicted molar refractivity (Wildman–Crippen MR) is 121 cm³/mol. The van der Waals surface area contributed by atoms with Gasteiger partial charge in [0.1, 0.15) is 17.6 Å². The molecule has 2 heterocycles. The number of benzene rings is 2. The van der Waals surface area contributed by atoms with Crippen LogP contribution in [0, 0.1) is 11.7 Å². The third-order valence-corrected chi connectivity index (χ3v) is 5.70. The Kier molecular flexibility index (Phi) is 9.06. The van der Waals surface area contributed by atoms with E-state index in [1.165, 1.54) is 17.7 Å². The normalized spacial score (nSPS) is 19.5. The quantitative estimate of drug-likeness (QED) is 0.452. The summed E-state index contributed by atoms with van der Waals surface area (Å²) in [4.78, 5) is 19.9. The monoisotopic (exact) mass is 476 g/mol. The zero-order chi connectivity index (χ0) is 24.5. The summed E-state index contributed by atoms with van der Waals surface area (Å²) in [7, 11) is 0. The number of fused-ring (bicyclic) bond motifs is 1. The molecule has 0 unspecified atom stereocenters. The summed E-state index contributed by atoms with van der Waals surface area (Å²) in [5.74, 6) is 0.590. The number of carboxylic acids is 2. The first-order chi connectivity index (χ1) is 16.3.